The number of carbonyl (C=O) groups excluding carboxylic acids is 1. The first-order chi connectivity index (χ1) is 6.90. The van der Waals surface area contributed by atoms with Gasteiger partial charge < -0.3 is 15.0 Å². The number of nitrogens with zero attached hydrogens (tertiary/aromatic N) is 2. The van der Waals surface area contributed by atoms with Crippen LogP contribution in [0, 0.1) is 0 Å². The predicted octanol–water partition coefficient (Wildman–Crippen LogP) is 0.412. The molecule has 0 bridgehead atoms. The van der Waals surface area contributed by atoms with Crippen molar-refractivity contribution in [2.45, 2.75) is 39.3 Å². The molecule has 2 N–H and O–H groups in total. The molecule has 0 fully saturated rings. The Kier molecular flexibility index (Phi) is 3.41. The Balaban J connectivity index is 2.51. The molecular weight excluding hydrogens is 198 g/mol. The van der Waals surface area contributed by atoms with Crippen LogP contribution in [0.25, 0.3) is 0 Å². The first-order valence-corrected chi connectivity index (χ1v) is 4.64. The van der Waals surface area contributed by atoms with Gasteiger partial charge in [0.15, 0.2) is 5.82 Å². The largest absolute Gasteiger partial charge is 0.460 e. The van der Waals surface area contributed by atoms with Gasteiger partial charge in [0.1, 0.15) is 12.0 Å². The van der Waals surface area contributed by atoms with Gasteiger partial charge in [-0.15, -0.1) is 0 Å². The van der Waals surface area contributed by atoms with Gasteiger partial charge in [0, 0.05) is 0 Å². The summed E-state index contributed by atoms with van der Waals surface area (Å²) in [7, 11) is 0. The highest BCUT2D eigenvalue weighted by Gasteiger charge is 2.18. The molecule has 1 aromatic heterocycles. The third kappa shape index (κ3) is 4.07. The van der Waals surface area contributed by atoms with Gasteiger partial charge in [-0.25, -0.2) is 0 Å². The summed E-state index contributed by atoms with van der Waals surface area (Å²) in [6.45, 7) is 5.58. The van der Waals surface area contributed by atoms with Gasteiger partial charge in [-0.05, 0) is 20.8 Å². The van der Waals surface area contributed by atoms with Crippen LogP contribution in [0.15, 0.2) is 4.52 Å². The van der Waals surface area contributed by atoms with Crippen LogP contribution in [0.1, 0.15) is 32.5 Å². The molecule has 84 valence electrons. The fraction of sp³-hybridized carbons (Fsp3) is 0.667. The number of hydrogen-bond acceptors (Lipinski definition) is 6. The molecule has 6 heteroatoms. The molecule has 0 saturated heterocycles. The molecule has 0 spiro atoms. The zero-order valence-electron chi connectivity index (χ0n) is 9.11. The van der Waals surface area contributed by atoms with Crippen LogP contribution in [0.5, 0.6) is 0 Å². The van der Waals surface area contributed by atoms with E-state index in [4.69, 9.17) is 15.0 Å². The van der Waals surface area contributed by atoms with E-state index < -0.39 is 11.6 Å². The SMILES string of the molecule is CC(C)(C)OC(=O)Cc1nc(CN)no1. The third-order valence-electron chi connectivity index (χ3n) is 1.41. The van der Waals surface area contributed by atoms with Gasteiger partial charge in [0.05, 0.1) is 6.54 Å². The maximum absolute atomic E-state index is 11.3. The van der Waals surface area contributed by atoms with Gasteiger partial charge in [-0.3, -0.25) is 4.79 Å². The summed E-state index contributed by atoms with van der Waals surface area (Å²) in [6.07, 6.45) is -0.0235. The van der Waals surface area contributed by atoms with E-state index in [9.17, 15) is 4.79 Å². The molecule has 0 saturated carbocycles. The van der Waals surface area contributed by atoms with E-state index in [1.165, 1.54) is 0 Å². The second-order valence-corrected chi connectivity index (χ2v) is 4.07. The summed E-state index contributed by atoms with van der Waals surface area (Å²) < 4.78 is 9.89. The summed E-state index contributed by atoms with van der Waals surface area (Å²) in [5.74, 6) is 0.216. The summed E-state index contributed by atoms with van der Waals surface area (Å²) >= 11 is 0. The van der Waals surface area contributed by atoms with Gasteiger partial charge in [0.2, 0.25) is 5.89 Å². The minimum absolute atomic E-state index is 0.0235. The molecular formula is C9H15N3O3. The maximum Gasteiger partial charge on any atom is 0.315 e. The number of esters is 1. The molecule has 0 aliphatic carbocycles. The fourth-order valence-corrected chi connectivity index (χ4v) is 0.946. The summed E-state index contributed by atoms with van der Waals surface area (Å²) in [5, 5.41) is 3.57. The lowest BCUT2D eigenvalue weighted by molar-refractivity contribution is -0.154. The predicted molar refractivity (Wildman–Crippen MR) is 51.7 cm³/mol. The molecule has 0 unspecified atom stereocenters. The quantitative estimate of drug-likeness (QED) is 0.731. The lowest BCUT2D eigenvalue weighted by Gasteiger charge is -2.18. The van der Waals surface area contributed by atoms with Crippen LogP contribution in [-0.2, 0) is 22.5 Å². The monoisotopic (exact) mass is 213 g/mol. The van der Waals surface area contributed by atoms with E-state index in [1.54, 1.807) is 20.8 Å². The number of ether oxygens (including phenoxy) is 1. The Morgan fingerprint density at radius 1 is 1.53 bits per heavy atom. The van der Waals surface area contributed by atoms with Gasteiger partial charge in [0.25, 0.3) is 0 Å². The Bertz CT molecular complexity index is 341. The smallest absolute Gasteiger partial charge is 0.315 e. The highest BCUT2D eigenvalue weighted by Crippen LogP contribution is 2.09. The Morgan fingerprint density at radius 3 is 2.67 bits per heavy atom. The minimum atomic E-state index is -0.506. The highest BCUT2D eigenvalue weighted by molar-refractivity contribution is 5.71. The number of rotatable bonds is 3. The Labute approximate surface area is 87.8 Å². The second-order valence-electron chi connectivity index (χ2n) is 4.07. The Morgan fingerprint density at radius 2 is 2.20 bits per heavy atom. The van der Waals surface area contributed by atoms with Crippen LogP contribution < -0.4 is 5.73 Å². The first kappa shape index (κ1) is 11.6. The van der Waals surface area contributed by atoms with E-state index in [-0.39, 0.29) is 18.9 Å². The average Bonchev–Trinajstić information content (AvgIpc) is 2.48. The normalized spacial score (nSPS) is 11.5. The van der Waals surface area contributed by atoms with Gasteiger partial charge in [-0.1, -0.05) is 5.16 Å². The van der Waals surface area contributed by atoms with Crippen molar-refractivity contribution in [3.8, 4) is 0 Å². The van der Waals surface area contributed by atoms with E-state index in [0.29, 0.717) is 5.82 Å². The van der Waals surface area contributed by atoms with Crippen molar-refractivity contribution in [2.24, 2.45) is 5.73 Å². The molecule has 6 nitrogen and oxygen atoms in total. The molecule has 0 radical (unpaired) electrons. The standard InChI is InChI=1S/C9H15N3O3/c1-9(2,3)14-8(13)4-7-11-6(5-10)12-15-7/h4-5,10H2,1-3H3. The van der Waals surface area contributed by atoms with Crippen molar-refractivity contribution in [1.82, 2.24) is 10.1 Å². The van der Waals surface area contributed by atoms with E-state index >= 15 is 0 Å². The number of nitrogens with two attached hydrogens (primary N) is 1. The molecule has 1 aromatic rings. The maximum atomic E-state index is 11.3. The van der Waals surface area contributed by atoms with Crippen LogP contribution in [0.2, 0.25) is 0 Å². The van der Waals surface area contributed by atoms with E-state index in [2.05, 4.69) is 10.1 Å². The molecule has 0 aliphatic heterocycles. The fourth-order valence-electron chi connectivity index (χ4n) is 0.946. The molecule has 0 atom stereocenters. The van der Waals surface area contributed by atoms with Crippen molar-refractivity contribution in [3.63, 3.8) is 0 Å². The van der Waals surface area contributed by atoms with Crippen molar-refractivity contribution >= 4 is 5.97 Å². The summed E-state index contributed by atoms with van der Waals surface area (Å²) in [4.78, 5) is 15.2. The lowest BCUT2D eigenvalue weighted by atomic mass is 10.2. The van der Waals surface area contributed by atoms with Gasteiger partial charge >= 0.3 is 5.97 Å². The van der Waals surface area contributed by atoms with Gasteiger partial charge in [-0.2, -0.15) is 4.98 Å². The number of hydrogen-bond donors (Lipinski definition) is 1. The van der Waals surface area contributed by atoms with E-state index in [0.717, 1.165) is 0 Å². The first-order valence-electron chi connectivity index (χ1n) is 4.64. The molecule has 0 aromatic carbocycles. The Hall–Kier alpha value is -1.43. The van der Waals surface area contributed by atoms with E-state index in [1.807, 2.05) is 0 Å². The molecule has 1 rings (SSSR count). The lowest BCUT2D eigenvalue weighted by Crippen LogP contribution is -2.25. The molecule has 15 heavy (non-hydrogen) atoms. The zero-order chi connectivity index (χ0) is 11.5. The van der Waals surface area contributed by atoms with Crippen molar-refractivity contribution < 1.29 is 14.1 Å². The van der Waals surface area contributed by atoms with Crippen LogP contribution in [-0.4, -0.2) is 21.7 Å². The average molecular weight is 213 g/mol. The number of carbonyl (C=O) groups is 1. The summed E-state index contributed by atoms with van der Waals surface area (Å²) in [5.41, 5.74) is 4.79. The number of aromatic nitrogens is 2. The molecule has 0 aliphatic rings. The summed E-state index contributed by atoms with van der Waals surface area (Å²) in [6, 6.07) is 0. The zero-order valence-corrected chi connectivity index (χ0v) is 9.11. The second kappa shape index (κ2) is 4.39. The molecule has 1 heterocycles. The third-order valence-corrected chi connectivity index (χ3v) is 1.41. The highest BCUT2D eigenvalue weighted by atomic mass is 16.6. The topological polar surface area (TPSA) is 91.2 Å². The van der Waals surface area contributed by atoms with Crippen LogP contribution in [0.4, 0.5) is 0 Å². The molecule has 0 amide bonds. The minimum Gasteiger partial charge on any atom is -0.460 e. The van der Waals surface area contributed by atoms with Crippen molar-refractivity contribution in [2.75, 3.05) is 0 Å². The van der Waals surface area contributed by atoms with Crippen LogP contribution >= 0.6 is 0 Å². The van der Waals surface area contributed by atoms with Crippen LogP contribution in [0.3, 0.4) is 0 Å². The van der Waals surface area contributed by atoms with Crippen molar-refractivity contribution in [3.05, 3.63) is 11.7 Å². The van der Waals surface area contributed by atoms with Crippen molar-refractivity contribution in [1.29, 1.82) is 0 Å².